The van der Waals surface area contributed by atoms with Crippen LogP contribution < -0.4 is 5.73 Å². The van der Waals surface area contributed by atoms with Crippen molar-refractivity contribution in [2.45, 2.75) is 71.8 Å². The van der Waals surface area contributed by atoms with E-state index in [0.29, 0.717) is 11.8 Å². The summed E-state index contributed by atoms with van der Waals surface area (Å²) >= 11 is 0. The van der Waals surface area contributed by atoms with Crippen molar-refractivity contribution in [3.8, 4) is 0 Å². The highest BCUT2D eigenvalue weighted by molar-refractivity contribution is 5.02. The van der Waals surface area contributed by atoms with Crippen molar-refractivity contribution < 1.29 is 4.52 Å². The maximum absolute atomic E-state index is 6.17. The Labute approximate surface area is 116 Å². The number of hydrogen-bond acceptors (Lipinski definition) is 4. The Morgan fingerprint density at radius 3 is 2.74 bits per heavy atom. The van der Waals surface area contributed by atoms with Crippen LogP contribution in [0.2, 0.25) is 0 Å². The molecule has 1 heterocycles. The number of aromatic nitrogens is 2. The van der Waals surface area contributed by atoms with Crippen molar-refractivity contribution in [2.75, 3.05) is 0 Å². The SMILES string of the molecule is CCC1CCCC(c2noc(C(N)C(C)(C)C)n2)C1. The highest BCUT2D eigenvalue weighted by Gasteiger charge is 2.30. The predicted molar refractivity (Wildman–Crippen MR) is 75.7 cm³/mol. The van der Waals surface area contributed by atoms with Gasteiger partial charge >= 0.3 is 0 Å². The van der Waals surface area contributed by atoms with Gasteiger partial charge in [-0.05, 0) is 24.2 Å². The number of rotatable bonds is 3. The molecule has 1 fully saturated rings. The molecule has 1 aliphatic carbocycles. The summed E-state index contributed by atoms with van der Waals surface area (Å²) in [6, 6.07) is -0.195. The van der Waals surface area contributed by atoms with Crippen LogP contribution in [0.1, 0.15) is 83.5 Å². The predicted octanol–water partition coefficient (Wildman–Crippen LogP) is 3.80. The molecule has 1 aromatic rings. The van der Waals surface area contributed by atoms with Crippen LogP contribution in [0, 0.1) is 11.3 Å². The normalized spacial score (nSPS) is 26.4. The lowest BCUT2D eigenvalue weighted by Gasteiger charge is -2.26. The van der Waals surface area contributed by atoms with Crippen LogP contribution in [-0.2, 0) is 0 Å². The molecule has 0 radical (unpaired) electrons. The third kappa shape index (κ3) is 3.35. The second-order valence-corrected chi connectivity index (χ2v) is 6.97. The maximum atomic E-state index is 6.17. The summed E-state index contributed by atoms with van der Waals surface area (Å²) < 4.78 is 5.39. The first-order valence-corrected chi connectivity index (χ1v) is 7.51. The van der Waals surface area contributed by atoms with E-state index in [1.54, 1.807) is 0 Å². The molecule has 0 aliphatic heterocycles. The molecule has 2 rings (SSSR count). The van der Waals surface area contributed by atoms with E-state index in [0.717, 1.165) is 11.7 Å². The van der Waals surface area contributed by atoms with Crippen molar-refractivity contribution in [3.05, 3.63) is 11.7 Å². The van der Waals surface area contributed by atoms with Gasteiger partial charge in [0.25, 0.3) is 0 Å². The summed E-state index contributed by atoms with van der Waals surface area (Å²) in [4.78, 5) is 4.57. The van der Waals surface area contributed by atoms with Gasteiger partial charge in [-0.1, -0.05) is 52.1 Å². The molecule has 0 spiro atoms. The lowest BCUT2D eigenvalue weighted by molar-refractivity contribution is 0.250. The summed E-state index contributed by atoms with van der Waals surface area (Å²) in [6.07, 6.45) is 6.25. The first-order chi connectivity index (χ1) is 8.91. The average Bonchev–Trinajstić information content (AvgIpc) is 2.86. The van der Waals surface area contributed by atoms with Gasteiger partial charge in [-0.3, -0.25) is 0 Å². The van der Waals surface area contributed by atoms with E-state index in [4.69, 9.17) is 10.3 Å². The Balaban J connectivity index is 2.08. The first-order valence-electron chi connectivity index (χ1n) is 7.51. The second-order valence-electron chi connectivity index (χ2n) is 6.97. The van der Waals surface area contributed by atoms with Gasteiger partial charge in [0.2, 0.25) is 5.89 Å². The van der Waals surface area contributed by atoms with E-state index in [1.807, 2.05) is 0 Å². The monoisotopic (exact) mass is 265 g/mol. The van der Waals surface area contributed by atoms with E-state index in [-0.39, 0.29) is 11.5 Å². The average molecular weight is 265 g/mol. The van der Waals surface area contributed by atoms with Gasteiger partial charge in [-0.15, -0.1) is 0 Å². The molecule has 0 bridgehead atoms. The molecule has 4 heteroatoms. The molecule has 108 valence electrons. The molecular weight excluding hydrogens is 238 g/mol. The van der Waals surface area contributed by atoms with Crippen molar-refractivity contribution in [3.63, 3.8) is 0 Å². The summed E-state index contributed by atoms with van der Waals surface area (Å²) in [5.74, 6) is 2.73. The summed E-state index contributed by atoms with van der Waals surface area (Å²) in [5.41, 5.74) is 6.12. The highest BCUT2D eigenvalue weighted by atomic mass is 16.5. The summed E-state index contributed by atoms with van der Waals surface area (Å²) in [7, 11) is 0. The zero-order chi connectivity index (χ0) is 14.0. The first kappa shape index (κ1) is 14.5. The smallest absolute Gasteiger partial charge is 0.244 e. The minimum absolute atomic E-state index is 0.0533. The Morgan fingerprint density at radius 1 is 1.37 bits per heavy atom. The lowest BCUT2D eigenvalue weighted by atomic mass is 9.80. The van der Waals surface area contributed by atoms with Crippen LogP contribution in [0.25, 0.3) is 0 Å². The van der Waals surface area contributed by atoms with Gasteiger partial charge in [-0.2, -0.15) is 4.98 Å². The molecule has 1 aliphatic rings. The van der Waals surface area contributed by atoms with E-state index in [1.165, 1.54) is 32.1 Å². The van der Waals surface area contributed by atoms with Gasteiger partial charge in [0, 0.05) is 5.92 Å². The third-order valence-electron chi connectivity index (χ3n) is 4.38. The van der Waals surface area contributed by atoms with Gasteiger partial charge in [-0.25, -0.2) is 0 Å². The molecule has 19 heavy (non-hydrogen) atoms. The fourth-order valence-electron chi connectivity index (χ4n) is 2.81. The molecule has 1 saturated carbocycles. The van der Waals surface area contributed by atoms with Crippen LogP contribution in [0.4, 0.5) is 0 Å². The topological polar surface area (TPSA) is 64.9 Å². The van der Waals surface area contributed by atoms with Crippen molar-refractivity contribution in [2.24, 2.45) is 17.1 Å². The Hall–Kier alpha value is -0.900. The molecule has 2 N–H and O–H groups in total. The van der Waals surface area contributed by atoms with E-state index in [9.17, 15) is 0 Å². The highest BCUT2D eigenvalue weighted by Crippen LogP contribution is 2.37. The molecule has 3 atom stereocenters. The Kier molecular flexibility index (Phi) is 4.29. The van der Waals surface area contributed by atoms with Crippen LogP contribution in [0.5, 0.6) is 0 Å². The van der Waals surface area contributed by atoms with Gasteiger partial charge in [0.15, 0.2) is 5.82 Å². The van der Waals surface area contributed by atoms with Crippen molar-refractivity contribution >= 4 is 0 Å². The van der Waals surface area contributed by atoms with Crippen LogP contribution >= 0.6 is 0 Å². The van der Waals surface area contributed by atoms with Crippen molar-refractivity contribution in [1.29, 1.82) is 0 Å². The van der Waals surface area contributed by atoms with Gasteiger partial charge < -0.3 is 10.3 Å². The molecule has 4 nitrogen and oxygen atoms in total. The lowest BCUT2D eigenvalue weighted by Crippen LogP contribution is -2.26. The number of nitrogens with zero attached hydrogens (tertiary/aromatic N) is 2. The quantitative estimate of drug-likeness (QED) is 0.902. The second kappa shape index (κ2) is 5.61. The van der Waals surface area contributed by atoms with Crippen LogP contribution in [0.3, 0.4) is 0 Å². The van der Waals surface area contributed by atoms with E-state index in [2.05, 4.69) is 37.8 Å². The zero-order valence-corrected chi connectivity index (χ0v) is 12.6. The third-order valence-corrected chi connectivity index (χ3v) is 4.38. The molecule has 3 unspecified atom stereocenters. The molecule has 0 amide bonds. The van der Waals surface area contributed by atoms with E-state index < -0.39 is 0 Å². The van der Waals surface area contributed by atoms with E-state index >= 15 is 0 Å². The Bertz CT molecular complexity index is 408. The standard InChI is InChI=1S/C15H27N3O/c1-5-10-7-6-8-11(9-10)13-17-14(19-18-13)12(16)15(2,3)4/h10-12H,5-9,16H2,1-4H3. The van der Waals surface area contributed by atoms with Gasteiger partial charge in [0.1, 0.15) is 0 Å². The number of nitrogens with two attached hydrogens (primary N) is 1. The fraction of sp³-hybridized carbons (Fsp3) is 0.867. The molecular formula is C15H27N3O. The minimum atomic E-state index is -0.195. The van der Waals surface area contributed by atoms with Crippen LogP contribution in [0.15, 0.2) is 4.52 Å². The zero-order valence-electron chi connectivity index (χ0n) is 12.6. The maximum Gasteiger partial charge on any atom is 0.244 e. The number of hydrogen-bond donors (Lipinski definition) is 1. The molecule has 1 aromatic heterocycles. The van der Waals surface area contributed by atoms with Gasteiger partial charge in [0.05, 0.1) is 6.04 Å². The largest absolute Gasteiger partial charge is 0.338 e. The molecule has 0 aromatic carbocycles. The molecule has 0 saturated heterocycles. The minimum Gasteiger partial charge on any atom is -0.338 e. The van der Waals surface area contributed by atoms with Crippen molar-refractivity contribution in [1.82, 2.24) is 10.1 Å². The fourth-order valence-corrected chi connectivity index (χ4v) is 2.81. The Morgan fingerprint density at radius 2 is 2.11 bits per heavy atom. The summed E-state index contributed by atoms with van der Waals surface area (Å²) in [5, 5.41) is 4.18. The summed E-state index contributed by atoms with van der Waals surface area (Å²) in [6.45, 7) is 8.55. The van der Waals surface area contributed by atoms with Crippen LogP contribution in [-0.4, -0.2) is 10.1 Å².